The smallest absolute Gasteiger partial charge is 0.121 e. The van der Waals surface area contributed by atoms with E-state index >= 15 is 0 Å². The van der Waals surface area contributed by atoms with Gasteiger partial charge in [0.1, 0.15) is 5.75 Å². The van der Waals surface area contributed by atoms with Crippen molar-refractivity contribution >= 4 is 0 Å². The maximum Gasteiger partial charge on any atom is 0.121 e. The van der Waals surface area contributed by atoms with Crippen LogP contribution in [0.2, 0.25) is 0 Å². The Kier molecular flexibility index (Phi) is 2.70. The molecule has 1 aromatic carbocycles. The number of para-hydroxylation sites is 1. The van der Waals surface area contributed by atoms with Gasteiger partial charge in [-0.3, -0.25) is 0 Å². The van der Waals surface area contributed by atoms with E-state index in [-0.39, 0.29) is 6.10 Å². The lowest BCUT2D eigenvalue weighted by atomic mass is 10.1. The van der Waals surface area contributed by atoms with E-state index in [0.29, 0.717) is 5.75 Å². The SMILES string of the molecule is CN1CCOC(c2ccccc2O)C1. The first-order chi connectivity index (χ1) is 6.77. The summed E-state index contributed by atoms with van der Waals surface area (Å²) in [6.07, 6.45) is 0.00921. The lowest BCUT2D eigenvalue weighted by molar-refractivity contribution is -0.0218. The zero-order valence-corrected chi connectivity index (χ0v) is 8.31. The molecule has 0 aliphatic carbocycles. The molecule has 0 saturated carbocycles. The number of likely N-dealkylation sites (N-methyl/N-ethyl adjacent to an activating group) is 1. The van der Waals surface area contributed by atoms with Crippen LogP contribution in [0.4, 0.5) is 0 Å². The van der Waals surface area contributed by atoms with Gasteiger partial charge >= 0.3 is 0 Å². The van der Waals surface area contributed by atoms with Gasteiger partial charge in [-0.05, 0) is 13.1 Å². The molecular formula is C11H15NO2. The molecule has 1 atom stereocenters. The first kappa shape index (κ1) is 9.49. The Morgan fingerprint density at radius 2 is 2.21 bits per heavy atom. The number of morpholine rings is 1. The third-order valence-electron chi connectivity index (χ3n) is 2.55. The molecule has 1 fully saturated rings. The van der Waals surface area contributed by atoms with Crippen LogP contribution in [0.25, 0.3) is 0 Å². The largest absolute Gasteiger partial charge is 0.508 e. The average Bonchev–Trinajstić information content (AvgIpc) is 2.18. The second-order valence-electron chi connectivity index (χ2n) is 3.68. The number of benzene rings is 1. The lowest BCUT2D eigenvalue weighted by Gasteiger charge is -2.30. The minimum Gasteiger partial charge on any atom is -0.508 e. The van der Waals surface area contributed by atoms with Gasteiger partial charge in [0.2, 0.25) is 0 Å². The van der Waals surface area contributed by atoms with Crippen molar-refractivity contribution in [3.05, 3.63) is 29.8 Å². The summed E-state index contributed by atoms with van der Waals surface area (Å²) in [5.74, 6) is 0.327. The summed E-state index contributed by atoms with van der Waals surface area (Å²) in [6, 6.07) is 7.37. The predicted molar refractivity (Wildman–Crippen MR) is 54.3 cm³/mol. The first-order valence-electron chi connectivity index (χ1n) is 4.85. The van der Waals surface area contributed by atoms with Crippen LogP contribution in [-0.4, -0.2) is 36.8 Å². The highest BCUT2D eigenvalue weighted by Gasteiger charge is 2.21. The van der Waals surface area contributed by atoms with Crippen LogP contribution >= 0.6 is 0 Å². The van der Waals surface area contributed by atoms with E-state index in [1.165, 1.54) is 0 Å². The highest BCUT2D eigenvalue weighted by molar-refractivity contribution is 5.34. The molecule has 76 valence electrons. The molecule has 2 rings (SSSR count). The average molecular weight is 193 g/mol. The normalized spacial score (nSPS) is 23.6. The molecule has 1 heterocycles. The number of hydrogen-bond donors (Lipinski definition) is 1. The van der Waals surface area contributed by atoms with Gasteiger partial charge in [-0.15, -0.1) is 0 Å². The zero-order valence-electron chi connectivity index (χ0n) is 8.31. The number of hydrogen-bond acceptors (Lipinski definition) is 3. The quantitative estimate of drug-likeness (QED) is 0.731. The molecule has 1 saturated heterocycles. The molecule has 1 aliphatic rings. The Morgan fingerprint density at radius 1 is 1.43 bits per heavy atom. The van der Waals surface area contributed by atoms with E-state index < -0.39 is 0 Å². The van der Waals surface area contributed by atoms with Crippen molar-refractivity contribution in [2.45, 2.75) is 6.10 Å². The van der Waals surface area contributed by atoms with E-state index in [0.717, 1.165) is 25.3 Å². The third kappa shape index (κ3) is 1.89. The van der Waals surface area contributed by atoms with Crippen molar-refractivity contribution in [1.82, 2.24) is 4.90 Å². The molecule has 1 aromatic rings. The van der Waals surface area contributed by atoms with Crippen molar-refractivity contribution in [3.63, 3.8) is 0 Å². The van der Waals surface area contributed by atoms with E-state index in [9.17, 15) is 5.11 Å². The molecule has 1 unspecified atom stereocenters. The van der Waals surface area contributed by atoms with E-state index in [1.807, 2.05) is 18.2 Å². The maximum absolute atomic E-state index is 9.65. The monoisotopic (exact) mass is 193 g/mol. The topological polar surface area (TPSA) is 32.7 Å². The number of nitrogens with zero attached hydrogens (tertiary/aromatic N) is 1. The lowest BCUT2D eigenvalue weighted by Crippen LogP contribution is -2.35. The van der Waals surface area contributed by atoms with Crippen LogP contribution in [0.15, 0.2) is 24.3 Å². The van der Waals surface area contributed by atoms with Crippen molar-refractivity contribution < 1.29 is 9.84 Å². The molecule has 0 aromatic heterocycles. The number of ether oxygens (including phenoxy) is 1. The summed E-state index contributed by atoms with van der Waals surface area (Å²) < 4.78 is 5.61. The molecule has 3 nitrogen and oxygen atoms in total. The summed E-state index contributed by atoms with van der Waals surface area (Å²) in [6.45, 7) is 2.54. The molecular weight excluding hydrogens is 178 g/mol. The predicted octanol–water partition coefficient (Wildman–Crippen LogP) is 1.40. The van der Waals surface area contributed by atoms with Crippen molar-refractivity contribution in [1.29, 1.82) is 0 Å². The molecule has 14 heavy (non-hydrogen) atoms. The molecule has 1 N–H and O–H groups in total. The number of phenols is 1. The van der Waals surface area contributed by atoms with Crippen LogP contribution in [0.1, 0.15) is 11.7 Å². The highest BCUT2D eigenvalue weighted by atomic mass is 16.5. The van der Waals surface area contributed by atoms with E-state index in [2.05, 4.69) is 11.9 Å². The molecule has 3 heteroatoms. The fourth-order valence-corrected chi connectivity index (χ4v) is 1.73. The first-order valence-corrected chi connectivity index (χ1v) is 4.85. The fourth-order valence-electron chi connectivity index (χ4n) is 1.73. The van der Waals surface area contributed by atoms with E-state index in [4.69, 9.17) is 4.74 Å². The second-order valence-corrected chi connectivity index (χ2v) is 3.68. The Bertz CT molecular complexity index is 314. The van der Waals surface area contributed by atoms with Crippen LogP contribution in [0, 0.1) is 0 Å². The van der Waals surface area contributed by atoms with Gasteiger partial charge in [0.05, 0.1) is 12.7 Å². The van der Waals surface area contributed by atoms with Crippen LogP contribution < -0.4 is 0 Å². The maximum atomic E-state index is 9.65. The molecule has 0 bridgehead atoms. The standard InChI is InChI=1S/C11H15NO2/c1-12-6-7-14-11(8-12)9-4-2-3-5-10(9)13/h2-5,11,13H,6-8H2,1H3. The van der Waals surface area contributed by atoms with Crippen molar-refractivity contribution in [3.8, 4) is 5.75 Å². The van der Waals surface area contributed by atoms with Crippen LogP contribution in [0.5, 0.6) is 5.75 Å². The fraction of sp³-hybridized carbons (Fsp3) is 0.455. The Labute approximate surface area is 83.9 Å². The number of phenolic OH excluding ortho intramolecular Hbond substituents is 1. The summed E-state index contributed by atoms with van der Waals surface area (Å²) >= 11 is 0. The summed E-state index contributed by atoms with van der Waals surface area (Å²) in [4.78, 5) is 2.21. The third-order valence-corrected chi connectivity index (χ3v) is 2.55. The Morgan fingerprint density at radius 3 is 2.93 bits per heavy atom. The molecule has 0 spiro atoms. The highest BCUT2D eigenvalue weighted by Crippen LogP contribution is 2.28. The van der Waals surface area contributed by atoms with Crippen molar-refractivity contribution in [2.75, 3.05) is 26.7 Å². The summed E-state index contributed by atoms with van der Waals surface area (Å²) in [7, 11) is 2.06. The molecule has 1 aliphatic heterocycles. The summed E-state index contributed by atoms with van der Waals surface area (Å²) in [5.41, 5.74) is 0.888. The van der Waals surface area contributed by atoms with Gasteiger partial charge in [-0.2, -0.15) is 0 Å². The molecule has 0 amide bonds. The van der Waals surface area contributed by atoms with Gasteiger partial charge in [0.25, 0.3) is 0 Å². The number of rotatable bonds is 1. The minimum absolute atomic E-state index is 0.00921. The number of aromatic hydroxyl groups is 1. The summed E-state index contributed by atoms with van der Waals surface area (Å²) in [5, 5.41) is 9.65. The zero-order chi connectivity index (χ0) is 9.97. The van der Waals surface area contributed by atoms with Gasteiger partial charge in [-0.25, -0.2) is 0 Å². The van der Waals surface area contributed by atoms with Gasteiger partial charge < -0.3 is 14.7 Å². The van der Waals surface area contributed by atoms with Gasteiger partial charge in [0.15, 0.2) is 0 Å². The van der Waals surface area contributed by atoms with Crippen molar-refractivity contribution in [2.24, 2.45) is 0 Å². The van der Waals surface area contributed by atoms with Gasteiger partial charge in [-0.1, -0.05) is 18.2 Å². The molecule has 0 radical (unpaired) electrons. The Balaban J connectivity index is 2.18. The second kappa shape index (κ2) is 3.98. The van der Waals surface area contributed by atoms with Crippen LogP contribution in [-0.2, 0) is 4.74 Å². The van der Waals surface area contributed by atoms with Crippen LogP contribution in [0.3, 0.4) is 0 Å². The van der Waals surface area contributed by atoms with E-state index in [1.54, 1.807) is 6.07 Å². The minimum atomic E-state index is 0.00921. The Hall–Kier alpha value is -1.06. The van der Waals surface area contributed by atoms with Gasteiger partial charge in [0, 0.05) is 18.7 Å².